The Balaban J connectivity index is 1.30. The van der Waals surface area contributed by atoms with Crippen LogP contribution in [0.2, 0.25) is 0 Å². The molecule has 58 heavy (non-hydrogen) atoms. The molecule has 0 radical (unpaired) electrons. The Morgan fingerprint density at radius 3 is 1.74 bits per heavy atom. The molecular weight excluding hydrogens is 739 g/mol. The molecular formula is C46H79N3O9. The molecule has 1 aromatic heterocycles. The number of nitrogens with zero attached hydrogens (tertiary/aromatic N) is 2. The maximum absolute atomic E-state index is 13.1. The van der Waals surface area contributed by atoms with Gasteiger partial charge in [-0.3, -0.25) is 9.48 Å². The number of nitrogens with one attached hydrogen (secondary N) is 1. The van der Waals surface area contributed by atoms with E-state index in [2.05, 4.69) is 17.3 Å². The van der Waals surface area contributed by atoms with Crippen LogP contribution in [0.25, 0.3) is 0 Å². The van der Waals surface area contributed by atoms with Crippen LogP contribution in [0.3, 0.4) is 0 Å². The van der Waals surface area contributed by atoms with Gasteiger partial charge in [0.05, 0.1) is 32.0 Å². The minimum Gasteiger partial charge on any atom is -0.394 e. The van der Waals surface area contributed by atoms with Crippen molar-refractivity contribution in [2.24, 2.45) is 0 Å². The zero-order valence-corrected chi connectivity index (χ0v) is 35.6. The Morgan fingerprint density at radius 1 is 0.741 bits per heavy atom. The third kappa shape index (κ3) is 19.8. The van der Waals surface area contributed by atoms with Gasteiger partial charge in [0.25, 0.3) is 0 Å². The molecule has 332 valence electrons. The Hall–Kier alpha value is -2.42. The number of aromatic nitrogens is 2. The van der Waals surface area contributed by atoms with Gasteiger partial charge in [-0.05, 0) is 12.0 Å². The van der Waals surface area contributed by atoms with E-state index in [9.17, 15) is 35.4 Å². The van der Waals surface area contributed by atoms with Gasteiger partial charge in [0.15, 0.2) is 6.29 Å². The Morgan fingerprint density at radius 2 is 1.24 bits per heavy atom. The number of amides is 1. The molecule has 1 aliphatic heterocycles. The number of carbonyl (C=O) groups excluding carboxylic acids is 1. The van der Waals surface area contributed by atoms with E-state index in [0.29, 0.717) is 18.5 Å². The lowest BCUT2D eigenvalue weighted by molar-refractivity contribution is -0.303. The molecule has 8 atom stereocenters. The second-order valence-corrected chi connectivity index (χ2v) is 16.6. The van der Waals surface area contributed by atoms with E-state index in [1.165, 1.54) is 128 Å². The number of ether oxygens (including phenoxy) is 2. The summed E-state index contributed by atoms with van der Waals surface area (Å²) in [5.74, 6) is -0.322. The molecule has 1 aromatic carbocycles. The predicted molar refractivity (Wildman–Crippen MR) is 227 cm³/mol. The summed E-state index contributed by atoms with van der Waals surface area (Å²) in [5.41, 5.74) is 1.35. The molecule has 1 fully saturated rings. The lowest BCUT2D eigenvalue weighted by Crippen LogP contribution is -2.60. The Kier molecular flexibility index (Phi) is 26.3. The van der Waals surface area contributed by atoms with Crippen molar-refractivity contribution in [3.05, 3.63) is 53.9 Å². The van der Waals surface area contributed by atoms with Gasteiger partial charge in [-0.1, -0.05) is 179 Å². The highest BCUT2D eigenvalue weighted by atomic mass is 16.7. The highest BCUT2D eigenvalue weighted by Gasteiger charge is 2.44. The van der Waals surface area contributed by atoms with Crippen LogP contribution in [0.1, 0.15) is 178 Å². The highest BCUT2D eigenvalue weighted by molar-refractivity contribution is 5.76. The number of rotatable bonds is 34. The van der Waals surface area contributed by atoms with Crippen molar-refractivity contribution in [3.63, 3.8) is 0 Å². The van der Waals surface area contributed by atoms with E-state index in [1.807, 2.05) is 30.3 Å². The molecule has 7 N–H and O–H groups in total. The summed E-state index contributed by atoms with van der Waals surface area (Å²) in [5, 5.41) is 69.9. The fourth-order valence-electron chi connectivity index (χ4n) is 7.79. The number of hydrogen-bond acceptors (Lipinski definition) is 10. The molecule has 12 heteroatoms. The van der Waals surface area contributed by atoms with E-state index in [1.54, 1.807) is 10.9 Å². The molecule has 1 aliphatic rings. The van der Waals surface area contributed by atoms with Gasteiger partial charge < -0.3 is 45.4 Å². The smallest absolute Gasteiger partial charge is 0.220 e. The third-order valence-corrected chi connectivity index (χ3v) is 11.6. The summed E-state index contributed by atoms with van der Waals surface area (Å²) in [6.45, 7) is 1.71. The van der Waals surface area contributed by atoms with Gasteiger partial charge in [0.1, 0.15) is 36.6 Å². The van der Waals surface area contributed by atoms with Crippen molar-refractivity contribution < 1.29 is 44.9 Å². The lowest BCUT2D eigenvalue weighted by Gasteiger charge is -2.40. The summed E-state index contributed by atoms with van der Waals surface area (Å²) >= 11 is 0. The summed E-state index contributed by atoms with van der Waals surface area (Å²) in [6, 6.07) is 8.54. The van der Waals surface area contributed by atoms with Crippen LogP contribution in [0.4, 0.5) is 0 Å². The van der Waals surface area contributed by atoms with Crippen LogP contribution in [-0.2, 0) is 20.8 Å². The molecule has 1 amide bonds. The number of unbranched alkanes of at least 4 members (excludes halogenated alkanes) is 22. The molecule has 0 bridgehead atoms. The fraction of sp³-hybridized carbons (Fsp3) is 0.783. The maximum atomic E-state index is 13.1. The third-order valence-electron chi connectivity index (χ3n) is 11.6. The normalized spacial score (nSPS) is 21.2. The van der Waals surface area contributed by atoms with Crippen molar-refractivity contribution >= 4 is 5.91 Å². The summed E-state index contributed by atoms with van der Waals surface area (Å²) in [6.07, 6.45) is 22.6. The van der Waals surface area contributed by atoms with Crippen LogP contribution >= 0.6 is 0 Å². The van der Waals surface area contributed by atoms with E-state index in [4.69, 9.17) is 9.47 Å². The van der Waals surface area contributed by atoms with Crippen molar-refractivity contribution in [1.82, 2.24) is 15.1 Å². The first kappa shape index (κ1) is 49.9. The standard InChI is InChI=1S/C46H79N3O9/c1-2-3-4-5-6-7-8-9-10-11-12-13-14-15-16-17-18-19-20-21-22-23-27-30-40(51)48-38(35-57-46-45(56)44(55)43(54)39(34-50)58-46)42(53)41(52)37-31-47-49(33-37)32-36-28-25-24-26-29-36/h24-26,28-29,31,33,38-39,41-46,50,52-56H,2-23,27,30,32,34-35H2,1H3,(H,48,51)/t38-,39+,41+,42-,43-,44-,45+,46-/m0/s1. The van der Waals surface area contributed by atoms with Crippen LogP contribution in [0.5, 0.6) is 0 Å². The molecule has 3 rings (SSSR count). The van der Waals surface area contributed by atoms with Crippen molar-refractivity contribution in [1.29, 1.82) is 0 Å². The van der Waals surface area contributed by atoms with E-state index >= 15 is 0 Å². The lowest BCUT2D eigenvalue weighted by atomic mass is 9.99. The number of benzene rings is 1. The van der Waals surface area contributed by atoms with Gasteiger partial charge in [-0.15, -0.1) is 0 Å². The van der Waals surface area contributed by atoms with Crippen molar-refractivity contribution in [2.75, 3.05) is 13.2 Å². The zero-order chi connectivity index (χ0) is 41.8. The molecule has 0 aliphatic carbocycles. The Labute approximate surface area is 348 Å². The zero-order valence-electron chi connectivity index (χ0n) is 35.6. The summed E-state index contributed by atoms with van der Waals surface area (Å²) in [4.78, 5) is 13.1. The van der Waals surface area contributed by atoms with Gasteiger partial charge in [-0.25, -0.2) is 0 Å². The van der Waals surface area contributed by atoms with E-state index in [0.717, 1.165) is 24.8 Å². The van der Waals surface area contributed by atoms with E-state index < -0.39 is 62.2 Å². The van der Waals surface area contributed by atoms with Crippen LogP contribution in [-0.4, -0.2) is 102 Å². The van der Waals surface area contributed by atoms with Crippen molar-refractivity contribution in [2.45, 2.75) is 217 Å². The topological polar surface area (TPSA) is 187 Å². The van der Waals surface area contributed by atoms with Crippen LogP contribution in [0.15, 0.2) is 42.7 Å². The second-order valence-electron chi connectivity index (χ2n) is 16.6. The highest BCUT2D eigenvalue weighted by Crippen LogP contribution is 2.25. The monoisotopic (exact) mass is 818 g/mol. The molecule has 0 saturated carbocycles. The minimum atomic E-state index is -1.65. The number of aliphatic hydroxyl groups is 6. The van der Waals surface area contributed by atoms with Gasteiger partial charge in [0.2, 0.25) is 5.91 Å². The average Bonchev–Trinajstić information content (AvgIpc) is 3.70. The number of carbonyl (C=O) groups is 1. The molecule has 0 unspecified atom stereocenters. The molecule has 0 spiro atoms. The summed E-state index contributed by atoms with van der Waals surface area (Å²) in [7, 11) is 0. The molecule has 1 saturated heterocycles. The number of aliphatic hydroxyl groups excluding tert-OH is 6. The van der Waals surface area contributed by atoms with Gasteiger partial charge in [0, 0.05) is 18.2 Å². The SMILES string of the molecule is CCCCCCCCCCCCCCCCCCCCCCCCCC(=O)N[C@@H](CO[C@H]1O[C@H](CO)[C@H](O)[C@H](O)[C@H]1O)[C@H](O)[C@H](O)c1cnn(Cc2ccccc2)c1. The largest absolute Gasteiger partial charge is 0.394 e. The first-order valence-corrected chi connectivity index (χ1v) is 22.9. The second kappa shape index (κ2) is 30.6. The quantitative estimate of drug-likeness (QED) is 0.0363. The first-order valence-electron chi connectivity index (χ1n) is 22.9. The molecule has 2 aromatic rings. The van der Waals surface area contributed by atoms with Crippen molar-refractivity contribution in [3.8, 4) is 0 Å². The predicted octanol–water partition coefficient (Wildman–Crippen LogP) is 7.01. The fourth-order valence-corrected chi connectivity index (χ4v) is 7.79. The molecule has 2 heterocycles. The van der Waals surface area contributed by atoms with Crippen LogP contribution < -0.4 is 5.32 Å². The summed E-state index contributed by atoms with van der Waals surface area (Å²) < 4.78 is 12.8. The minimum absolute atomic E-state index is 0.230. The van der Waals surface area contributed by atoms with Gasteiger partial charge >= 0.3 is 0 Å². The maximum Gasteiger partial charge on any atom is 0.220 e. The van der Waals surface area contributed by atoms with E-state index in [-0.39, 0.29) is 12.3 Å². The number of hydrogen-bond donors (Lipinski definition) is 7. The van der Waals surface area contributed by atoms with Gasteiger partial charge in [-0.2, -0.15) is 5.10 Å². The molecule has 12 nitrogen and oxygen atoms in total. The Bertz CT molecular complexity index is 1300. The average molecular weight is 818 g/mol. The first-order chi connectivity index (χ1) is 28.2. The van der Waals surface area contributed by atoms with Crippen LogP contribution in [0, 0.1) is 0 Å².